The molecule has 0 radical (unpaired) electrons. The van der Waals surface area contributed by atoms with Crippen molar-refractivity contribution in [2.75, 3.05) is 32.1 Å². The number of carbonyl (C=O) groups is 1. The first-order valence-corrected chi connectivity index (χ1v) is 9.50. The largest absolute Gasteiger partial charge is 0.496 e. The molecule has 0 saturated carbocycles. The van der Waals surface area contributed by atoms with E-state index >= 15 is 0 Å². The van der Waals surface area contributed by atoms with Crippen LogP contribution in [-0.4, -0.2) is 32.5 Å². The molecule has 0 atom stereocenters. The van der Waals surface area contributed by atoms with Gasteiger partial charge in [-0.3, -0.25) is 4.79 Å². The third-order valence-corrected chi connectivity index (χ3v) is 4.91. The number of anilines is 1. The average molecular weight is 352 g/mol. The Morgan fingerprint density at radius 1 is 1.15 bits per heavy atom. The number of ketones is 1. The van der Waals surface area contributed by atoms with E-state index in [0.29, 0.717) is 6.42 Å². The highest BCUT2D eigenvalue weighted by molar-refractivity contribution is 5.96. The van der Waals surface area contributed by atoms with Crippen molar-refractivity contribution in [3.05, 3.63) is 59.2 Å². The summed E-state index contributed by atoms with van der Waals surface area (Å²) in [6, 6.07) is 14.2. The Hall–Kier alpha value is -2.33. The molecular weight excluding hydrogens is 324 g/mol. The Kier molecular flexibility index (Phi) is 6.67. The van der Waals surface area contributed by atoms with Crippen LogP contribution in [0.5, 0.6) is 5.75 Å². The van der Waals surface area contributed by atoms with Gasteiger partial charge >= 0.3 is 0 Å². The van der Waals surface area contributed by atoms with Gasteiger partial charge in [0.05, 0.1) is 7.11 Å². The van der Waals surface area contributed by atoms with E-state index in [1.807, 2.05) is 30.3 Å². The Balaban J connectivity index is 1.31. The molecule has 1 aliphatic rings. The van der Waals surface area contributed by atoms with Crippen LogP contribution in [0.2, 0.25) is 0 Å². The molecule has 0 aliphatic carbocycles. The monoisotopic (exact) mass is 352 g/mol. The van der Waals surface area contributed by atoms with E-state index in [2.05, 4.69) is 22.8 Å². The average Bonchev–Trinajstić information content (AvgIpc) is 3.15. The maximum Gasteiger partial charge on any atom is 0.162 e. The van der Waals surface area contributed by atoms with E-state index in [1.54, 1.807) is 7.11 Å². The molecule has 4 heteroatoms. The summed E-state index contributed by atoms with van der Waals surface area (Å²) in [6.45, 7) is 2.84. The molecule has 0 amide bonds. The summed E-state index contributed by atoms with van der Waals surface area (Å²) in [4.78, 5) is 12.3. The van der Waals surface area contributed by atoms with Gasteiger partial charge in [0.1, 0.15) is 5.75 Å². The highest BCUT2D eigenvalue weighted by Crippen LogP contribution is 2.23. The number of benzene rings is 2. The van der Waals surface area contributed by atoms with Gasteiger partial charge in [-0.15, -0.1) is 0 Å². The zero-order valence-electron chi connectivity index (χ0n) is 15.5. The minimum absolute atomic E-state index is 0.258. The molecule has 0 fully saturated rings. The van der Waals surface area contributed by atoms with Gasteiger partial charge in [0, 0.05) is 24.2 Å². The second-order valence-corrected chi connectivity index (χ2v) is 6.74. The lowest BCUT2D eigenvalue weighted by atomic mass is 10.0. The number of rotatable bonds is 10. The summed E-state index contributed by atoms with van der Waals surface area (Å²) in [5.74, 6) is 1.21. The molecule has 1 aliphatic heterocycles. The zero-order valence-corrected chi connectivity index (χ0v) is 15.5. The molecule has 0 unspecified atom stereocenters. The molecule has 1 heterocycles. The van der Waals surface area contributed by atoms with E-state index in [0.717, 1.165) is 56.6 Å². The highest BCUT2D eigenvalue weighted by Gasteiger charge is 2.13. The first kappa shape index (κ1) is 18.5. The van der Waals surface area contributed by atoms with E-state index in [1.165, 1.54) is 16.8 Å². The van der Waals surface area contributed by atoms with Crippen molar-refractivity contribution in [1.82, 2.24) is 5.32 Å². The Morgan fingerprint density at radius 2 is 2.04 bits per heavy atom. The number of unbranched alkanes of at least 4 members (excludes halogenated alkanes) is 1. The number of carbonyl (C=O) groups excluding carboxylic acids is 1. The first-order chi connectivity index (χ1) is 12.8. The molecule has 0 aromatic heterocycles. The van der Waals surface area contributed by atoms with Crippen LogP contribution in [0.4, 0.5) is 5.69 Å². The summed E-state index contributed by atoms with van der Waals surface area (Å²) < 4.78 is 5.37. The third-order valence-electron chi connectivity index (χ3n) is 4.91. The van der Waals surface area contributed by atoms with Crippen molar-refractivity contribution in [2.24, 2.45) is 0 Å². The van der Waals surface area contributed by atoms with Crippen molar-refractivity contribution >= 4 is 11.5 Å². The zero-order chi connectivity index (χ0) is 18.2. The van der Waals surface area contributed by atoms with Crippen molar-refractivity contribution in [1.29, 1.82) is 0 Å². The maximum atomic E-state index is 12.3. The number of nitrogens with one attached hydrogen (secondary N) is 2. The van der Waals surface area contributed by atoms with Crippen LogP contribution in [0.3, 0.4) is 0 Å². The van der Waals surface area contributed by atoms with E-state index in [-0.39, 0.29) is 5.78 Å². The lowest BCUT2D eigenvalue weighted by molar-refractivity contribution is 0.0979. The summed E-state index contributed by atoms with van der Waals surface area (Å²) in [5, 5.41) is 6.79. The fourth-order valence-corrected chi connectivity index (χ4v) is 3.42. The Bertz CT molecular complexity index is 743. The number of hydrogen-bond acceptors (Lipinski definition) is 4. The smallest absolute Gasteiger partial charge is 0.162 e. The van der Waals surface area contributed by atoms with Gasteiger partial charge in [0.15, 0.2) is 5.78 Å². The molecule has 0 spiro atoms. The number of methoxy groups -OCH3 is 1. The highest BCUT2D eigenvalue weighted by atomic mass is 16.5. The van der Waals surface area contributed by atoms with Gasteiger partial charge in [0.2, 0.25) is 0 Å². The lowest BCUT2D eigenvalue weighted by Gasteiger charge is -2.09. The van der Waals surface area contributed by atoms with Gasteiger partial charge in [0.25, 0.3) is 0 Å². The van der Waals surface area contributed by atoms with Crippen LogP contribution in [0.1, 0.15) is 40.7 Å². The van der Waals surface area contributed by atoms with E-state index in [9.17, 15) is 4.79 Å². The van der Waals surface area contributed by atoms with E-state index in [4.69, 9.17) is 4.74 Å². The number of fused-ring (bicyclic) bond motifs is 1. The number of para-hydroxylation sites is 1. The number of ether oxygens (including phenoxy) is 1. The summed E-state index contributed by atoms with van der Waals surface area (Å²) >= 11 is 0. The predicted molar refractivity (Wildman–Crippen MR) is 106 cm³/mol. The molecule has 0 bridgehead atoms. The van der Waals surface area contributed by atoms with Gasteiger partial charge in [-0.1, -0.05) is 18.2 Å². The predicted octanol–water partition coefficient (Wildman–Crippen LogP) is 3.85. The molecule has 0 saturated heterocycles. The number of hydrogen-bond donors (Lipinski definition) is 2. The van der Waals surface area contributed by atoms with Gasteiger partial charge in [-0.25, -0.2) is 0 Å². The fraction of sp³-hybridized carbons (Fsp3) is 0.409. The van der Waals surface area contributed by atoms with Crippen LogP contribution in [-0.2, 0) is 12.8 Å². The molecule has 26 heavy (non-hydrogen) atoms. The molecular formula is C22H28N2O2. The maximum absolute atomic E-state index is 12.3. The van der Waals surface area contributed by atoms with Crippen molar-refractivity contribution in [3.63, 3.8) is 0 Å². The van der Waals surface area contributed by atoms with Crippen molar-refractivity contribution in [3.8, 4) is 5.75 Å². The molecule has 3 rings (SSSR count). The van der Waals surface area contributed by atoms with Gasteiger partial charge < -0.3 is 15.4 Å². The van der Waals surface area contributed by atoms with Gasteiger partial charge in [-0.2, -0.15) is 0 Å². The Labute approximate surface area is 156 Å². The normalized spacial score (nSPS) is 12.5. The summed E-state index contributed by atoms with van der Waals surface area (Å²) in [5.41, 5.74) is 4.54. The number of Topliss-reactive ketones (excluding diaryl/α,β-unsaturated/α-hetero) is 1. The van der Waals surface area contributed by atoms with Crippen LogP contribution in [0.25, 0.3) is 0 Å². The lowest BCUT2D eigenvalue weighted by Crippen LogP contribution is -2.19. The minimum Gasteiger partial charge on any atom is -0.496 e. The van der Waals surface area contributed by atoms with Crippen molar-refractivity contribution < 1.29 is 9.53 Å². The summed E-state index contributed by atoms with van der Waals surface area (Å²) in [6.07, 6.45) is 4.54. The van der Waals surface area contributed by atoms with Crippen LogP contribution in [0, 0.1) is 0 Å². The minimum atomic E-state index is 0.258. The quantitative estimate of drug-likeness (QED) is 0.504. The first-order valence-electron chi connectivity index (χ1n) is 9.50. The molecule has 138 valence electrons. The van der Waals surface area contributed by atoms with Gasteiger partial charge in [-0.05, 0) is 74.2 Å². The van der Waals surface area contributed by atoms with Crippen LogP contribution in [0.15, 0.2) is 42.5 Å². The summed E-state index contributed by atoms with van der Waals surface area (Å²) in [7, 11) is 1.71. The SMILES string of the molecule is COc1ccccc1CCNCCCCC(=O)c1ccc2c(c1)CCN2. The standard InChI is InChI=1S/C22H28N2O2/c1-26-22-8-3-2-6-17(22)11-14-23-13-5-4-7-21(25)19-9-10-20-18(16-19)12-15-24-20/h2-3,6,8-10,16,23-24H,4-5,7,11-15H2,1H3. The van der Waals surface area contributed by atoms with Crippen LogP contribution >= 0.6 is 0 Å². The second kappa shape index (κ2) is 9.39. The third kappa shape index (κ3) is 4.85. The topological polar surface area (TPSA) is 50.4 Å². The fourth-order valence-electron chi connectivity index (χ4n) is 3.42. The molecule has 2 aromatic carbocycles. The second-order valence-electron chi connectivity index (χ2n) is 6.74. The van der Waals surface area contributed by atoms with Crippen LogP contribution < -0.4 is 15.4 Å². The Morgan fingerprint density at radius 3 is 2.92 bits per heavy atom. The van der Waals surface area contributed by atoms with Crippen molar-refractivity contribution in [2.45, 2.75) is 32.1 Å². The van der Waals surface area contributed by atoms with E-state index < -0.39 is 0 Å². The molecule has 2 aromatic rings. The molecule has 2 N–H and O–H groups in total. The molecule has 4 nitrogen and oxygen atoms in total.